The number of amides is 1. The van der Waals surface area contributed by atoms with Gasteiger partial charge in [0.25, 0.3) is 5.69 Å². The molecule has 1 N–H and O–H groups in total. The molecule has 1 aromatic carbocycles. The van der Waals surface area contributed by atoms with Crippen LogP contribution >= 0.6 is 0 Å². The van der Waals surface area contributed by atoms with Crippen molar-refractivity contribution >= 4 is 23.0 Å². The van der Waals surface area contributed by atoms with Gasteiger partial charge >= 0.3 is 5.69 Å². The number of benzene rings is 1. The van der Waals surface area contributed by atoms with Crippen molar-refractivity contribution in [3.8, 4) is 5.75 Å². The number of rotatable bonds is 7. The Hall–Kier alpha value is -3.50. The van der Waals surface area contributed by atoms with Crippen LogP contribution in [0.15, 0.2) is 18.2 Å². The first-order chi connectivity index (χ1) is 12.2. The predicted octanol–water partition coefficient (Wildman–Crippen LogP) is 2.35. The zero-order valence-electron chi connectivity index (χ0n) is 14.4. The lowest BCUT2D eigenvalue weighted by Crippen LogP contribution is -2.16. The largest absolute Gasteiger partial charge is 0.494 e. The van der Waals surface area contributed by atoms with Gasteiger partial charge in [-0.2, -0.15) is 5.10 Å². The number of aryl methyl sites for hydroxylation is 2. The monoisotopic (exact) mass is 363 g/mol. The number of hydrogen-bond acceptors (Lipinski definition) is 7. The molecule has 0 fully saturated rings. The topological polar surface area (TPSA) is 142 Å². The number of aromatic nitrogens is 2. The smallest absolute Gasteiger partial charge is 0.312 e. The van der Waals surface area contributed by atoms with Gasteiger partial charge in [0, 0.05) is 12.5 Å². The minimum Gasteiger partial charge on any atom is -0.494 e. The average molecular weight is 363 g/mol. The number of ether oxygens (including phenoxy) is 1. The number of nitro groups is 2. The number of nitro benzene ring substituents is 1. The maximum atomic E-state index is 12.1. The third kappa shape index (κ3) is 3.94. The first kappa shape index (κ1) is 18.8. The van der Waals surface area contributed by atoms with Crippen molar-refractivity contribution in [3.05, 3.63) is 49.8 Å². The Kier molecular flexibility index (Phi) is 5.50. The minimum atomic E-state index is -0.566. The van der Waals surface area contributed by atoms with Gasteiger partial charge < -0.3 is 10.1 Å². The Morgan fingerprint density at radius 3 is 2.50 bits per heavy atom. The van der Waals surface area contributed by atoms with Crippen LogP contribution in [-0.2, 0) is 11.3 Å². The molecule has 11 heteroatoms. The molecular weight excluding hydrogens is 346 g/mol. The zero-order valence-corrected chi connectivity index (χ0v) is 14.4. The Bertz CT molecular complexity index is 876. The lowest BCUT2D eigenvalue weighted by molar-refractivity contribution is -0.386. The van der Waals surface area contributed by atoms with Crippen LogP contribution in [-0.4, -0.2) is 32.6 Å². The third-order valence-corrected chi connectivity index (χ3v) is 3.75. The lowest BCUT2D eigenvalue weighted by atomic mass is 10.2. The van der Waals surface area contributed by atoms with Crippen LogP contribution in [0, 0.1) is 34.1 Å². The van der Waals surface area contributed by atoms with Crippen LogP contribution < -0.4 is 10.1 Å². The molecular formula is C15H17N5O6. The molecule has 0 aliphatic rings. The molecule has 0 aliphatic heterocycles. The molecule has 0 unspecified atom stereocenters. The highest BCUT2D eigenvalue weighted by molar-refractivity contribution is 5.92. The summed E-state index contributed by atoms with van der Waals surface area (Å²) in [6, 6.07) is 3.84. The van der Waals surface area contributed by atoms with E-state index < -0.39 is 9.85 Å². The summed E-state index contributed by atoms with van der Waals surface area (Å²) in [5, 5.41) is 28.4. The van der Waals surface area contributed by atoms with E-state index >= 15 is 0 Å². The second kappa shape index (κ2) is 7.59. The molecule has 0 spiro atoms. The fourth-order valence-corrected chi connectivity index (χ4v) is 2.49. The van der Waals surface area contributed by atoms with Gasteiger partial charge in [-0.15, -0.1) is 0 Å². The molecule has 0 atom stereocenters. The molecule has 0 aliphatic carbocycles. The first-order valence-corrected chi connectivity index (χ1v) is 7.55. The van der Waals surface area contributed by atoms with Crippen LogP contribution in [0.2, 0.25) is 0 Å². The molecule has 0 radical (unpaired) electrons. The molecule has 2 rings (SSSR count). The summed E-state index contributed by atoms with van der Waals surface area (Å²) in [6.45, 7) is 3.25. The van der Waals surface area contributed by atoms with Gasteiger partial charge in [-0.05, 0) is 19.9 Å². The second-order valence-corrected chi connectivity index (χ2v) is 5.44. The summed E-state index contributed by atoms with van der Waals surface area (Å²) in [6.07, 6.45) is 0.0132. The standard InChI is InChI=1S/C15H17N5O6/c1-9-15(20(24)25)10(2)18(17-9)7-6-14(21)16-12-5-4-11(19(22)23)8-13(12)26-3/h4-5,8H,6-7H2,1-3H3,(H,16,21). The van der Waals surface area contributed by atoms with E-state index in [1.807, 2.05) is 0 Å². The number of hydrogen-bond donors (Lipinski definition) is 1. The summed E-state index contributed by atoms with van der Waals surface area (Å²) in [4.78, 5) is 32.8. The van der Waals surface area contributed by atoms with Crippen molar-refractivity contribution in [2.45, 2.75) is 26.8 Å². The van der Waals surface area contributed by atoms with Gasteiger partial charge in [0.1, 0.15) is 17.1 Å². The molecule has 0 saturated carbocycles. The third-order valence-electron chi connectivity index (χ3n) is 3.75. The Morgan fingerprint density at radius 2 is 1.96 bits per heavy atom. The first-order valence-electron chi connectivity index (χ1n) is 7.55. The Labute approximate surface area is 147 Å². The van der Waals surface area contributed by atoms with Crippen molar-refractivity contribution in [1.82, 2.24) is 9.78 Å². The lowest BCUT2D eigenvalue weighted by Gasteiger charge is -2.10. The summed E-state index contributed by atoms with van der Waals surface area (Å²) in [5.74, 6) is -0.221. The molecule has 2 aromatic rings. The SMILES string of the molecule is COc1cc([N+](=O)[O-])ccc1NC(=O)CCn1nc(C)c([N+](=O)[O-])c1C. The second-order valence-electron chi connectivity index (χ2n) is 5.44. The van der Waals surface area contributed by atoms with Gasteiger partial charge in [0.2, 0.25) is 5.91 Å². The normalized spacial score (nSPS) is 10.4. The summed E-state index contributed by atoms with van der Waals surface area (Å²) < 4.78 is 6.46. The van der Waals surface area contributed by atoms with Crippen molar-refractivity contribution in [2.24, 2.45) is 0 Å². The number of carbonyl (C=O) groups excluding carboxylic acids is 1. The number of carbonyl (C=O) groups is 1. The summed E-state index contributed by atoms with van der Waals surface area (Å²) in [7, 11) is 1.34. The van der Waals surface area contributed by atoms with E-state index in [-0.39, 0.29) is 41.7 Å². The predicted molar refractivity (Wildman–Crippen MR) is 91.3 cm³/mol. The molecule has 26 heavy (non-hydrogen) atoms. The van der Waals surface area contributed by atoms with Crippen molar-refractivity contribution in [3.63, 3.8) is 0 Å². The maximum Gasteiger partial charge on any atom is 0.312 e. The van der Waals surface area contributed by atoms with Crippen molar-refractivity contribution in [2.75, 3.05) is 12.4 Å². The number of anilines is 1. The molecule has 0 saturated heterocycles. The summed E-state index contributed by atoms with van der Waals surface area (Å²) in [5.41, 5.74) is 0.720. The molecule has 0 bridgehead atoms. The van der Waals surface area contributed by atoms with Gasteiger partial charge in [-0.25, -0.2) is 0 Å². The molecule has 11 nitrogen and oxygen atoms in total. The highest BCUT2D eigenvalue weighted by atomic mass is 16.6. The fourth-order valence-electron chi connectivity index (χ4n) is 2.49. The van der Waals surface area contributed by atoms with Crippen molar-refractivity contribution < 1.29 is 19.4 Å². The van der Waals surface area contributed by atoms with Gasteiger partial charge in [-0.3, -0.25) is 29.7 Å². The molecule has 138 valence electrons. The van der Waals surface area contributed by atoms with Crippen LogP contribution in [0.3, 0.4) is 0 Å². The van der Waals surface area contributed by atoms with Crippen LogP contribution in [0.25, 0.3) is 0 Å². The number of non-ortho nitro benzene ring substituents is 1. The van der Waals surface area contributed by atoms with E-state index in [4.69, 9.17) is 4.74 Å². The highest BCUT2D eigenvalue weighted by Crippen LogP contribution is 2.29. The number of nitrogens with one attached hydrogen (secondary N) is 1. The average Bonchev–Trinajstić information content (AvgIpc) is 2.86. The van der Waals surface area contributed by atoms with Crippen LogP contribution in [0.5, 0.6) is 5.75 Å². The van der Waals surface area contributed by atoms with Crippen LogP contribution in [0.1, 0.15) is 17.8 Å². The van der Waals surface area contributed by atoms with Crippen molar-refractivity contribution in [1.29, 1.82) is 0 Å². The van der Waals surface area contributed by atoms with E-state index in [1.165, 1.54) is 36.9 Å². The molecule has 1 amide bonds. The minimum absolute atomic E-state index is 0.0132. The van der Waals surface area contributed by atoms with Gasteiger partial charge in [0.15, 0.2) is 0 Å². The number of methoxy groups -OCH3 is 1. The van der Waals surface area contributed by atoms with E-state index in [1.54, 1.807) is 6.92 Å². The number of nitrogens with zero attached hydrogens (tertiary/aromatic N) is 4. The Morgan fingerprint density at radius 1 is 1.27 bits per heavy atom. The molecule has 1 aromatic heterocycles. The van der Waals surface area contributed by atoms with E-state index in [0.29, 0.717) is 11.4 Å². The zero-order chi connectivity index (χ0) is 19.4. The Balaban J connectivity index is 2.07. The highest BCUT2D eigenvalue weighted by Gasteiger charge is 2.22. The quantitative estimate of drug-likeness (QED) is 0.587. The van der Waals surface area contributed by atoms with E-state index in [9.17, 15) is 25.0 Å². The maximum absolute atomic E-state index is 12.1. The van der Waals surface area contributed by atoms with Crippen LogP contribution in [0.4, 0.5) is 17.1 Å². The van der Waals surface area contributed by atoms with Gasteiger partial charge in [-0.1, -0.05) is 0 Å². The summed E-state index contributed by atoms with van der Waals surface area (Å²) >= 11 is 0. The van der Waals surface area contributed by atoms with Gasteiger partial charge in [0.05, 0.1) is 35.3 Å². The van der Waals surface area contributed by atoms with E-state index in [2.05, 4.69) is 10.4 Å². The fraction of sp³-hybridized carbons (Fsp3) is 0.333. The molecule has 1 heterocycles. The van der Waals surface area contributed by atoms with E-state index in [0.717, 1.165) is 0 Å².